The molecule has 2 aliphatic heterocycles. The molecule has 0 aromatic heterocycles. The highest BCUT2D eigenvalue weighted by Gasteiger charge is 2.35. The van der Waals surface area contributed by atoms with Crippen LogP contribution in [0, 0.1) is 0 Å². The van der Waals surface area contributed by atoms with E-state index < -0.39 is 18.7 Å². The molecule has 2 heterocycles. The second-order valence-corrected chi connectivity index (χ2v) is 8.78. The molecule has 0 saturated carbocycles. The van der Waals surface area contributed by atoms with E-state index in [4.69, 9.17) is 14.8 Å². The van der Waals surface area contributed by atoms with Crippen LogP contribution in [-0.4, -0.2) is 39.5 Å². The molecule has 2 aromatic rings. The van der Waals surface area contributed by atoms with Gasteiger partial charge in [-0.05, 0) is 30.7 Å². The van der Waals surface area contributed by atoms with Gasteiger partial charge in [0.05, 0.1) is 5.36 Å². The van der Waals surface area contributed by atoms with Gasteiger partial charge in [-0.2, -0.15) is 0 Å². The molecule has 8 nitrogen and oxygen atoms in total. The summed E-state index contributed by atoms with van der Waals surface area (Å²) in [5.41, 5.74) is 0.998. The lowest BCUT2D eigenvalue weighted by Crippen LogP contribution is -2.50. The number of hydrogen-bond acceptors (Lipinski definition) is 7. The second-order valence-electron chi connectivity index (χ2n) is 6.79. The van der Waals surface area contributed by atoms with E-state index in [9.17, 15) is 9.59 Å². The highest BCUT2D eigenvalue weighted by atomic mass is 79.9. The molecule has 1 amide bonds. The number of carbonyl (C=O) groups excluding carboxylic acids is 1. The fraction of sp³-hybridized carbons (Fsp3) is 0.238. The molecule has 0 fully saturated rings. The number of amides is 1. The molecular formula is C21H19BrN4O4S. The molecule has 1 unspecified atom stereocenters. The summed E-state index contributed by atoms with van der Waals surface area (Å²) in [7, 11) is 0. The van der Waals surface area contributed by atoms with Crippen molar-refractivity contribution < 1.29 is 19.4 Å². The number of para-hydroxylation sites is 1. The van der Waals surface area contributed by atoms with E-state index in [-0.39, 0.29) is 5.91 Å². The van der Waals surface area contributed by atoms with Gasteiger partial charge >= 0.3 is 5.97 Å². The van der Waals surface area contributed by atoms with Gasteiger partial charge in [-0.25, -0.2) is 9.80 Å². The first-order valence-corrected chi connectivity index (χ1v) is 11.4. The SMILES string of the molecule is CCCSC1=NN2C(=c3cc(Br)ccc3=NC2c2ccccc2OCC(=O)O)C(=O)N1. The second kappa shape index (κ2) is 9.11. The average Bonchev–Trinajstić information content (AvgIpc) is 2.75. The molecule has 0 saturated heterocycles. The Labute approximate surface area is 190 Å². The highest BCUT2D eigenvalue weighted by Crippen LogP contribution is 2.35. The quantitative estimate of drug-likeness (QED) is 0.627. The number of ether oxygens (including phenoxy) is 1. The third-order valence-electron chi connectivity index (χ3n) is 4.56. The van der Waals surface area contributed by atoms with Crippen molar-refractivity contribution in [1.82, 2.24) is 10.3 Å². The van der Waals surface area contributed by atoms with Crippen molar-refractivity contribution in [2.24, 2.45) is 10.1 Å². The fourth-order valence-electron chi connectivity index (χ4n) is 3.28. The number of hydrazone groups is 1. The zero-order valence-corrected chi connectivity index (χ0v) is 18.9. The fourth-order valence-corrected chi connectivity index (χ4v) is 4.35. The zero-order chi connectivity index (χ0) is 22.0. The van der Waals surface area contributed by atoms with Crippen LogP contribution in [0.2, 0.25) is 0 Å². The number of benzene rings is 2. The minimum atomic E-state index is -1.08. The predicted octanol–water partition coefficient (Wildman–Crippen LogP) is 2.20. The Balaban J connectivity index is 1.88. The average molecular weight is 503 g/mol. The van der Waals surface area contributed by atoms with Gasteiger partial charge in [0.25, 0.3) is 5.91 Å². The molecule has 0 aliphatic carbocycles. The normalized spacial score (nSPS) is 17.2. The number of nitrogens with one attached hydrogen (secondary N) is 1. The highest BCUT2D eigenvalue weighted by molar-refractivity contribution is 9.10. The molecule has 0 radical (unpaired) electrons. The molecule has 2 aromatic carbocycles. The maximum atomic E-state index is 13.1. The molecule has 10 heteroatoms. The van der Waals surface area contributed by atoms with E-state index in [0.29, 0.717) is 32.8 Å². The Morgan fingerprint density at radius 2 is 2.13 bits per heavy atom. The minimum absolute atomic E-state index is 0.267. The van der Waals surface area contributed by atoms with Crippen LogP contribution in [0.5, 0.6) is 5.75 Å². The summed E-state index contributed by atoms with van der Waals surface area (Å²) in [6, 6.07) is 12.6. The van der Waals surface area contributed by atoms with Gasteiger partial charge in [0, 0.05) is 21.0 Å². The monoisotopic (exact) mass is 502 g/mol. The number of halogens is 1. The largest absolute Gasteiger partial charge is 0.481 e. The molecule has 2 N–H and O–H groups in total. The number of hydrogen-bond donors (Lipinski definition) is 2. The van der Waals surface area contributed by atoms with Gasteiger partial charge < -0.3 is 9.84 Å². The number of thioether (sulfide) groups is 1. The number of amidine groups is 1. The Morgan fingerprint density at radius 1 is 1.32 bits per heavy atom. The maximum Gasteiger partial charge on any atom is 0.341 e. The van der Waals surface area contributed by atoms with Crippen LogP contribution in [0.15, 0.2) is 57.0 Å². The number of rotatable bonds is 6. The van der Waals surface area contributed by atoms with Crippen LogP contribution in [0.4, 0.5) is 0 Å². The molecule has 0 spiro atoms. The Bertz CT molecular complexity index is 1200. The van der Waals surface area contributed by atoms with Gasteiger partial charge in [-0.3, -0.25) is 15.1 Å². The van der Waals surface area contributed by atoms with Crippen molar-refractivity contribution in [2.75, 3.05) is 12.4 Å². The third-order valence-corrected chi connectivity index (χ3v) is 6.12. The molecule has 1 atom stereocenters. The molecule has 31 heavy (non-hydrogen) atoms. The summed E-state index contributed by atoms with van der Waals surface area (Å²) in [5.74, 6) is -0.157. The number of carboxylic acids is 1. The summed E-state index contributed by atoms with van der Waals surface area (Å²) < 4.78 is 6.32. The number of fused-ring (bicyclic) bond motifs is 2. The van der Waals surface area contributed by atoms with Crippen LogP contribution in [-0.2, 0) is 9.59 Å². The lowest BCUT2D eigenvalue weighted by molar-refractivity contribution is -0.139. The zero-order valence-electron chi connectivity index (χ0n) is 16.5. The van der Waals surface area contributed by atoms with Gasteiger partial charge in [-0.1, -0.05) is 52.8 Å². The first kappa shape index (κ1) is 21.4. The number of nitrogens with zero attached hydrogens (tertiary/aromatic N) is 3. The Kier molecular flexibility index (Phi) is 6.28. The molecule has 160 valence electrons. The summed E-state index contributed by atoms with van der Waals surface area (Å²) >= 11 is 4.92. The summed E-state index contributed by atoms with van der Waals surface area (Å²) in [6.45, 7) is 1.57. The standard InChI is InChI=1S/C21H19BrN4O4S/c1-2-9-31-21-24-20(29)18-14-10-12(22)7-8-15(14)23-19(26(18)25-21)13-5-3-4-6-16(13)30-11-17(27)28/h3-8,10,19H,2,9,11H2,1H3,(H,27,28)(H,24,25,29). The van der Waals surface area contributed by atoms with Crippen molar-refractivity contribution in [3.05, 3.63) is 63.1 Å². The Hall–Kier alpha value is -2.85. The smallest absolute Gasteiger partial charge is 0.341 e. The summed E-state index contributed by atoms with van der Waals surface area (Å²) in [4.78, 5) is 29.0. The minimum Gasteiger partial charge on any atom is -0.481 e. The molecule has 4 rings (SSSR count). The van der Waals surface area contributed by atoms with Crippen LogP contribution in [0.3, 0.4) is 0 Å². The lowest BCUT2D eigenvalue weighted by atomic mass is 10.1. The van der Waals surface area contributed by atoms with Crippen LogP contribution >= 0.6 is 27.7 Å². The van der Waals surface area contributed by atoms with E-state index in [1.54, 1.807) is 23.2 Å². The first-order chi connectivity index (χ1) is 15.0. The number of carbonyl (C=O) groups is 2. The predicted molar refractivity (Wildman–Crippen MR) is 121 cm³/mol. The van der Waals surface area contributed by atoms with Crippen molar-refractivity contribution in [1.29, 1.82) is 0 Å². The van der Waals surface area contributed by atoms with Gasteiger partial charge in [-0.15, -0.1) is 5.10 Å². The number of aliphatic carboxylic acids is 1. The van der Waals surface area contributed by atoms with E-state index in [2.05, 4.69) is 33.3 Å². The lowest BCUT2D eigenvalue weighted by Gasteiger charge is -2.34. The summed E-state index contributed by atoms with van der Waals surface area (Å²) in [5, 5.41) is 20.0. The number of carboxylic acid groups (broad SMARTS) is 1. The molecule has 0 bridgehead atoms. The van der Waals surface area contributed by atoms with Crippen LogP contribution in [0.1, 0.15) is 25.1 Å². The van der Waals surface area contributed by atoms with Gasteiger partial charge in [0.1, 0.15) is 11.4 Å². The van der Waals surface area contributed by atoms with E-state index >= 15 is 0 Å². The van der Waals surface area contributed by atoms with Crippen molar-refractivity contribution in [3.63, 3.8) is 0 Å². The molecular weight excluding hydrogens is 484 g/mol. The molecule has 2 aliphatic rings. The van der Waals surface area contributed by atoms with Crippen LogP contribution in [0.25, 0.3) is 5.70 Å². The topological polar surface area (TPSA) is 104 Å². The maximum absolute atomic E-state index is 13.1. The Morgan fingerprint density at radius 3 is 2.90 bits per heavy atom. The van der Waals surface area contributed by atoms with Crippen molar-refractivity contribution >= 4 is 50.4 Å². The van der Waals surface area contributed by atoms with Crippen molar-refractivity contribution in [3.8, 4) is 5.75 Å². The summed E-state index contributed by atoms with van der Waals surface area (Å²) in [6.07, 6.45) is 0.253. The van der Waals surface area contributed by atoms with E-state index in [1.807, 2.05) is 24.3 Å². The van der Waals surface area contributed by atoms with Gasteiger partial charge in [0.15, 0.2) is 17.9 Å². The van der Waals surface area contributed by atoms with Crippen LogP contribution < -0.4 is 20.6 Å². The van der Waals surface area contributed by atoms with Gasteiger partial charge in [0.2, 0.25) is 0 Å². The first-order valence-electron chi connectivity index (χ1n) is 9.61. The van der Waals surface area contributed by atoms with E-state index in [0.717, 1.165) is 16.6 Å². The van der Waals surface area contributed by atoms with Crippen molar-refractivity contribution in [2.45, 2.75) is 19.5 Å². The van der Waals surface area contributed by atoms with E-state index in [1.165, 1.54) is 11.8 Å². The third kappa shape index (κ3) is 4.45.